The molecule has 0 N–H and O–H groups in total. The minimum atomic E-state index is -0.947. The molecule has 7 nitrogen and oxygen atoms in total. The number of imide groups is 1. The van der Waals surface area contributed by atoms with E-state index in [2.05, 4.69) is 4.74 Å². The van der Waals surface area contributed by atoms with Gasteiger partial charge in [0.15, 0.2) is 0 Å². The molecule has 0 radical (unpaired) electrons. The third kappa shape index (κ3) is 1.38. The molecule has 20 heavy (non-hydrogen) atoms. The van der Waals surface area contributed by atoms with E-state index in [0.717, 1.165) is 17.7 Å². The number of hydrogen-bond acceptors (Lipinski definition) is 6. The molecule has 2 amide bonds. The molecule has 2 bridgehead atoms. The number of carbonyl (C=O) groups excluding carboxylic acids is 4. The fraction of sp³-hybridized carbons (Fsp3) is 0.692. The Labute approximate surface area is 114 Å². The molecule has 4 fully saturated rings. The number of nitrogens with zero attached hydrogens (tertiary/aromatic N) is 1. The van der Waals surface area contributed by atoms with Crippen molar-refractivity contribution in [1.29, 1.82) is 0 Å². The highest BCUT2D eigenvalue weighted by atomic mass is 16.6. The van der Waals surface area contributed by atoms with Gasteiger partial charge in [0, 0.05) is 6.42 Å². The van der Waals surface area contributed by atoms with Crippen molar-refractivity contribution >= 4 is 23.8 Å². The average Bonchev–Trinajstić information content (AvgIpc) is 3.06. The maximum atomic E-state index is 12.4. The molecular weight excluding hydrogens is 266 g/mol. The third-order valence-corrected chi connectivity index (χ3v) is 4.74. The van der Waals surface area contributed by atoms with Crippen LogP contribution in [0, 0.1) is 11.8 Å². The van der Waals surface area contributed by atoms with Crippen LogP contribution in [0.15, 0.2) is 0 Å². The van der Waals surface area contributed by atoms with Crippen molar-refractivity contribution in [3.8, 4) is 0 Å². The van der Waals surface area contributed by atoms with E-state index in [4.69, 9.17) is 4.74 Å². The Morgan fingerprint density at radius 3 is 2.05 bits per heavy atom. The molecule has 0 aliphatic carbocycles. The van der Waals surface area contributed by atoms with Crippen LogP contribution in [0.25, 0.3) is 0 Å². The molecule has 5 atom stereocenters. The van der Waals surface area contributed by atoms with Crippen LogP contribution in [0.5, 0.6) is 0 Å². The highest BCUT2D eigenvalue weighted by Gasteiger charge is 2.64. The predicted molar refractivity (Wildman–Crippen MR) is 60.8 cm³/mol. The largest absolute Gasteiger partial charge is 0.392 e. The molecule has 0 aromatic carbocycles. The molecule has 4 heterocycles. The number of likely N-dealkylation sites (tertiary alicyclic amines) is 1. The van der Waals surface area contributed by atoms with E-state index in [1.54, 1.807) is 0 Å². The first-order valence-electron chi connectivity index (χ1n) is 6.85. The monoisotopic (exact) mass is 279 g/mol. The zero-order chi connectivity index (χ0) is 14.0. The Morgan fingerprint density at radius 2 is 1.50 bits per heavy atom. The zero-order valence-corrected chi connectivity index (χ0v) is 10.6. The van der Waals surface area contributed by atoms with Gasteiger partial charge in [-0.1, -0.05) is 0 Å². The highest BCUT2D eigenvalue weighted by Crippen LogP contribution is 2.49. The molecule has 0 aromatic heterocycles. The average molecular weight is 279 g/mol. The molecule has 4 aliphatic rings. The van der Waals surface area contributed by atoms with E-state index >= 15 is 0 Å². The van der Waals surface area contributed by atoms with E-state index < -0.39 is 29.8 Å². The summed E-state index contributed by atoms with van der Waals surface area (Å²) in [5.74, 6) is -2.99. The van der Waals surface area contributed by atoms with Gasteiger partial charge in [-0.15, -0.1) is 0 Å². The minimum Gasteiger partial charge on any atom is -0.392 e. The summed E-state index contributed by atoms with van der Waals surface area (Å²) in [6, 6.07) is -0.947. The molecule has 106 valence electrons. The Kier molecular flexibility index (Phi) is 2.33. The van der Waals surface area contributed by atoms with Crippen molar-refractivity contribution in [1.82, 2.24) is 4.90 Å². The third-order valence-electron chi connectivity index (χ3n) is 4.74. The van der Waals surface area contributed by atoms with Gasteiger partial charge in [-0.3, -0.25) is 19.3 Å². The summed E-state index contributed by atoms with van der Waals surface area (Å²) in [6.07, 6.45) is 1.37. The summed E-state index contributed by atoms with van der Waals surface area (Å²) >= 11 is 0. The predicted octanol–water partition coefficient (Wildman–Crippen LogP) is -0.619. The number of cyclic esters (lactones) is 2. The first-order valence-corrected chi connectivity index (χ1v) is 6.85. The molecule has 4 saturated heterocycles. The normalized spacial score (nSPS) is 43.2. The van der Waals surface area contributed by atoms with Crippen molar-refractivity contribution < 1.29 is 28.7 Å². The number of amides is 2. The van der Waals surface area contributed by atoms with Crippen molar-refractivity contribution in [2.45, 2.75) is 43.9 Å². The lowest BCUT2D eigenvalue weighted by Gasteiger charge is -2.28. The van der Waals surface area contributed by atoms with Gasteiger partial charge in [0.1, 0.15) is 6.04 Å². The Balaban J connectivity index is 1.64. The second kappa shape index (κ2) is 3.88. The topological polar surface area (TPSA) is 90.0 Å². The molecular formula is C13H13NO6. The smallest absolute Gasteiger partial charge is 0.337 e. The zero-order valence-electron chi connectivity index (χ0n) is 10.6. The van der Waals surface area contributed by atoms with Crippen LogP contribution in [0.2, 0.25) is 0 Å². The van der Waals surface area contributed by atoms with Gasteiger partial charge in [-0.25, -0.2) is 4.79 Å². The highest BCUT2D eigenvalue weighted by molar-refractivity contribution is 6.09. The van der Waals surface area contributed by atoms with Gasteiger partial charge in [0.2, 0.25) is 11.8 Å². The van der Waals surface area contributed by atoms with Gasteiger partial charge in [0.05, 0.1) is 24.0 Å². The van der Waals surface area contributed by atoms with Crippen LogP contribution in [0.3, 0.4) is 0 Å². The number of ether oxygens (including phenoxy) is 2. The summed E-state index contributed by atoms with van der Waals surface area (Å²) in [6.45, 7) is 0. The summed E-state index contributed by atoms with van der Waals surface area (Å²) in [5.41, 5.74) is 0. The lowest BCUT2D eigenvalue weighted by Crippen LogP contribution is -2.50. The fourth-order valence-electron chi connectivity index (χ4n) is 3.88. The molecule has 0 unspecified atom stereocenters. The lowest BCUT2D eigenvalue weighted by molar-refractivity contribution is -0.173. The number of rotatable bonds is 1. The Bertz CT molecular complexity index is 515. The number of hydrogen-bond donors (Lipinski definition) is 0. The van der Waals surface area contributed by atoms with E-state index in [1.165, 1.54) is 0 Å². The molecule has 0 aromatic rings. The first kappa shape index (κ1) is 12.0. The van der Waals surface area contributed by atoms with Crippen LogP contribution in [0.4, 0.5) is 0 Å². The van der Waals surface area contributed by atoms with E-state index in [9.17, 15) is 19.2 Å². The minimum absolute atomic E-state index is 0.0478. The summed E-state index contributed by atoms with van der Waals surface area (Å²) in [7, 11) is 0. The van der Waals surface area contributed by atoms with Crippen LogP contribution in [-0.2, 0) is 28.7 Å². The summed E-state index contributed by atoms with van der Waals surface area (Å²) in [5, 5.41) is 0. The van der Waals surface area contributed by atoms with Crippen molar-refractivity contribution in [3.05, 3.63) is 0 Å². The van der Waals surface area contributed by atoms with Crippen LogP contribution < -0.4 is 0 Å². The van der Waals surface area contributed by atoms with E-state index in [-0.39, 0.29) is 36.9 Å². The Hall–Kier alpha value is -1.76. The van der Waals surface area contributed by atoms with Gasteiger partial charge in [0.25, 0.3) is 0 Å². The number of carbonyl (C=O) groups is 4. The Morgan fingerprint density at radius 1 is 0.900 bits per heavy atom. The van der Waals surface area contributed by atoms with Crippen LogP contribution >= 0.6 is 0 Å². The van der Waals surface area contributed by atoms with Gasteiger partial charge >= 0.3 is 11.9 Å². The number of esters is 2. The van der Waals surface area contributed by atoms with Crippen molar-refractivity contribution in [3.63, 3.8) is 0 Å². The molecule has 0 spiro atoms. The molecule has 7 heteroatoms. The standard InChI is InChI=1S/C13H13NO6/c15-8-4-1-5(13(18)20-8)14-11(16)9-6-2-3-7(19-6)10(9)12(14)17/h5-7,9-10H,1-4H2/t5-,6-,7+,9-,10-/m1/s1. The van der Waals surface area contributed by atoms with E-state index in [0.29, 0.717) is 0 Å². The second-order valence-corrected chi connectivity index (χ2v) is 5.74. The van der Waals surface area contributed by atoms with E-state index in [1.807, 2.05) is 0 Å². The fourth-order valence-corrected chi connectivity index (χ4v) is 3.88. The van der Waals surface area contributed by atoms with Gasteiger partial charge in [-0.2, -0.15) is 0 Å². The van der Waals surface area contributed by atoms with Crippen LogP contribution in [-0.4, -0.2) is 46.9 Å². The summed E-state index contributed by atoms with van der Waals surface area (Å²) < 4.78 is 10.2. The molecule has 4 aliphatic heterocycles. The first-order chi connectivity index (χ1) is 9.58. The van der Waals surface area contributed by atoms with Crippen molar-refractivity contribution in [2.24, 2.45) is 11.8 Å². The maximum absolute atomic E-state index is 12.4. The quantitative estimate of drug-likeness (QED) is 0.361. The lowest BCUT2D eigenvalue weighted by atomic mass is 9.81. The second-order valence-electron chi connectivity index (χ2n) is 5.74. The molecule has 0 saturated carbocycles. The SMILES string of the molecule is O=C1CC[C@@H](N2C(=O)[C@H]3[C@H](C2=O)[C@H]2CC[C@@H]3O2)C(=O)O1. The maximum Gasteiger partial charge on any atom is 0.337 e. The van der Waals surface area contributed by atoms with Gasteiger partial charge in [-0.05, 0) is 19.3 Å². The van der Waals surface area contributed by atoms with Gasteiger partial charge < -0.3 is 9.47 Å². The molecule has 4 rings (SSSR count). The van der Waals surface area contributed by atoms with Crippen molar-refractivity contribution in [2.75, 3.05) is 0 Å². The number of fused-ring (bicyclic) bond motifs is 5. The summed E-state index contributed by atoms with van der Waals surface area (Å²) in [4.78, 5) is 48.7. The van der Waals surface area contributed by atoms with Crippen LogP contribution in [0.1, 0.15) is 25.7 Å².